The lowest BCUT2D eigenvalue weighted by Gasteiger charge is -2.11. The van der Waals surface area contributed by atoms with Gasteiger partial charge in [0, 0.05) is 31.1 Å². The highest BCUT2D eigenvalue weighted by Crippen LogP contribution is 2.45. The Bertz CT molecular complexity index is 2040. The highest BCUT2D eigenvalue weighted by molar-refractivity contribution is 8.08. The Morgan fingerprint density at radius 3 is 2.29 bits per heavy atom. The molecule has 0 amide bonds. The molecule has 0 radical (unpaired) electrons. The minimum absolute atomic E-state index is 0.0376. The maximum absolute atomic E-state index is 13.7. The molecular formula is C28H27N4O2S4+. The highest BCUT2D eigenvalue weighted by atomic mass is 32.2. The molecule has 0 N–H and O–H groups in total. The summed E-state index contributed by atoms with van der Waals surface area (Å²) in [4.78, 5) is 30.6. The number of thioether (sulfide) groups is 1. The van der Waals surface area contributed by atoms with Crippen LogP contribution in [0.3, 0.4) is 0 Å². The molecule has 1 aliphatic rings. The Kier molecular flexibility index (Phi) is 6.67. The molecule has 4 heterocycles. The molecule has 0 saturated heterocycles. The second kappa shape index (κ2) is 10.00. The van der Waals surface area contributed by atoms with Gasteiger partial charge in [-0.2, -0.15) is 4.57 Å². The quantitative estimate of drug-likeness (QED) is 0.301. The zero-order valence-electron chi connectivity index (χ0n) is 21.6. The largest absolute Gasteiger partial charge is 0.337 e. The van der Waals surface area contributed by atoms with E-state index in [2.05, 4.69) is 58.9 Å². The van der Waals surface area contributed by atoms with Crippen LogP contribution in [-0.2, 0) is 19.6 Å². The van der Waals surface area contributed by atoms with Crippen LogP contribution in [0, 0.1) is 9.20 Å². The fourth-order valence-corrected chi connectivity index (χ4v) is 9.89. The summed E-state index contributed by atoms with van der Waals surface area (Å²) in [6.45, 7) is 8.03. The smallest absolute Gasteiger partial charge is 0.272 e. The first-order valence-electron chi connectivity index (χ1n) is 12.6. The van der Waals surface area contributed by atoms with Crippen LogP contribution < -0.4 is 29.8 Å². The lowest BCUT2D eigenvalue weighted by atomic mass is 10.3. The van der Waals surface area contributed by atoms with Gasteiger partial charge in [-0.15, -0.1) is 22.7 Å². The van der Waals surface area contributed by atoms with Crippen molar-refractivity contribution in [2.24, 2.45) is 0 Å². The van der Waals surface area contributed by atoms with Crippen molar-refractivity contribution in [3.63, 3.8) is 0 Å². The normalized spacial score (nSPS) is 16.1. The molecule has 0 spiro atoms. The van der Waals surface area contributed by atoms with E-state index in [1.54, 1.807) is 27.7 Å². The Labute approximate surface area is 235 Å². The third kappa shape index (κ3) is 3.93. The number of aryl methyl sites for hydroxylation is 1. The Hall–Kier alpha value is -2.92. The zero-order chi connectivity index (χ0) is 26.6. The van der Waals surface area contributed by atoms with Gasteiger partial charge in [-0.3, -0.25) is 18.7 Å². The maximum atomic E-state index is 13.7. The number of thiazole rings is 3. The number of anilines is 1. The van der Waals surface area contributed by atoms with E-state index in [0.717, 1.165) is 36.5 Å². The summed E-state index contributed by atoms with van der Waals surface area (Å²) < 4.78 is 10.0. The van der Waals surface area contributed by atoms with Crippen molar-refractivity contribution in [1.29, 1.82) is 0 Å². The molecule has 2 aromatic carbocycles. The van der Waals surface area contributed by atoms with Gasteiger partial charge in [-0.1, -0.05) is 47.4 Å². The van der Waals surface area contributed by atoms with E-state index in [4.69, 9.17) is 0 Å². The van der Waals surface area contributed by atoms with Gasteiger partial charge in [-0.05, 0) is 39.0 Å². The molecule has 0 fully saturated rings. The molecule has 0 bridgehead atoms. The van der Waals surface area contributed by atoms with Crippen LogP contribution in [0.25, 0.3) is 21.3 Å². The number of fused-ring (bicyclic) bond motifs is 2. The first kappa shape index (κ1) is 25.4. The van der Waals surface area contributed by atoms with E-state index in [9.17, 15) is 9.59 Å². The number of rotatable bonds is 4. The van der Waals surface area contributed by atoms with Crippen LogP contribution >= 0.6 is 45.8 Å². The summed E-state index contributed by atoms with van der Waals surface area (Å²) in [5, 5.41) is 2.03. The van der Waals surface area contributed by atoms with Gasteiger partial charge in [0.05, 0.1) is 11.8 Å². The minimum atomic E-state index is -0.0383. The third-order valence-electron chi connectivity index (χ3n) is 6.75. The summed E-state index contributed by atoms with van der Waals surface area (Å²) in [6, 6.07) is 16.6. The molecule has 1 aliphatic heterocycles. The number of nitrogens with zero attached hydrogens (tertiary/aromatic N) is 4. The van der Waals surface area contributed by atoms with E-state index in [1.807, 2.05) is 37.6 Å². The Morgan fingerprint density at radius 2 is 1.55 bits per heavy atom. The molecule has 3 aromatic heterocycles. The van der Waals surface area contributed by atoms with Crippen LogP contribution in [-0.4, -0.2) is 16.2 Å². The maximum Gasteiger partial charge on any atom is 0.272 e. The van der Waals surface area contributed by atoms with Crippen LogP contribution in [0.4, 0.5) is 5.69 Å². The SMILES string of the molecule is CCn1c(=O)/c(=c2\s/c(=C3/Sc4ccccc4N3C)c(=O)n2CC)s/c1=C\c1sc2ccccc2[n+]1CC. The summed E-state index contributed by atoms with van der Waals surface area (Å²) in [7, 11) is 2.00. The molecule has 194 valence electrons. The van der Waals surface area contributed by atoms with Gasteiger partial charge in [0.1, 0.15) is 34.7 Å². The summed E-state index contributed by atoms with van der Waals surface area (Å²) >= 11 is 6.26. The number of para-hydroxylation sites is 2. The number of hydrogen-bond acceptors (Lipinski definition) is 7. The van der Waals surface area contributed by atoms with Gasteiger partial charge < -0.3 is 4.90 Å². The van der Waals surface area contributed by atoms with Gasteiger partial charge in [0.25, 0.3) is 16.1 Å². The van der Waals surface area contributed by atoms with Gasteiger partial charge >= 0.3 is 0 Å². The molecule has 38 heavy (non-hydrogen) atoms. The number of benzene rings is 2. The van der Waals surface area contributed by atoms with E-state index >= 15 is 0 Å². The predicted molar refractivity (Wildman–Crippen MR) is 161 cm³/mol. The fraction of sp³-hybridized carbons (Fsp3) is 0.250. The predicted octanol–water partition coefficient (Wildman–Crippen LogP) is 4.12. The lowest BCUT2D eigenvalue weighted by Crippen LogP contribution is -2.34. The monoisotopic (exact) mass is 579 g/mol. The number of aromatic nitrogens is 3. The minimum Gasteiger partial charge on any atom is -0.337 e. The van der Waals surface area contributed by atoms with Crippen LogP contribution in [0.5, 0.6) is 0 Å². The van der Waals surface area contributed by atoms with Crippen molar-refractivity contribution in [1.82, 2.24) is 9.13 Å². The van der Waals surface area contributed by atoms with Gasteiger partial charge in [0.15, 0.2) is 0 Å². The van der Waals surface area contributed by atoms with Gasteiger partial charge in [-0.25, -0.2) is 0 Å². The molecule has 0 saturated carbocycles. The lowest BCUT2D eigenvalue weighted by molar-refractivity contribution is -0.665. The Morgan fingerprint density at radius 1 is 0.842 bits per heavy atom. The van der Waals surface area contributed by atoms with E-state index in [-0.39, 0.29) is 11.1 Å². The topological polar surface area (TPSA) is 51.1 Å². The van der Waals surface area contributed by atoms with Crippen molar-refractivity contribution in [2.45, 2.75) is 45.3 Å². The average molecular weight is 580 g/mol. The summed E-state index contributed by atoms with van der Waals surface area (Å²) in [5.41, 5.74) is 2.22. The third-order valence-corrected chi connectivity index (χ3v) is 11.7. The molecule has 0 atom stereocenters. The van der Waals surface area contributed by atoms with Crippen LogP contribution in [0.2, 0.25) is 0 Å². The second-order valence-electron chi connectivity index (χ2n) is 8.84. The van der Waals surface area contributed by atoms with Crippen molar-refractivity contribution < 1.29 is 4.57 Å². The van der Waals surface area contributed by atoms with Crippen molar-refractivity contribution in [2.75, 3.05) is 11.9 Å². The first-order valence-corrected chi connectivity index (χ1v) is 15.8. The van der Waals surface area contributed by atoms with E-state index in [1.165, 1.54) is 32.9 Å². The van der Waals surface area contributed by atoms with Crippen molar-refractivity contribution >= 4 is 72.8 Å². The molecule has 0 aliphatic carbocycles. The standard InChI is InChI=1S/C28H27N4O2S4/c1-5-30-18-13-9-11-15-20(18)35-21(30)16-22-31(6-2)25(33)24(37-22)28-32(7-3)26(34)23(38-28)27-29(4)17-12-8-10-14-19(17)36-27/h8-16H,5-7H2,1-4H3/q+1/b27-23+,28-24+. The fourth-order valence-electron chi connectivity index (χ4n) is 4.86. The molecule has 0 unspecified atom stereocenters. The van der Waals surface area contributed by atoms with E-state index in [0.29, 0.717) is 22.2 Å². The Balaban J connectivity index is 1.65. The summed E-state index contributed by atoms with van der Waals surface area (Å²) in [5.74, 6) is 0. The average Bonchev–Trinajstić information content (AvgIpc) is 3.64. The number of hydrogen-bond donors (Lipinski definition) is 0. The van der Waals surface area contributed by atoms with Gasteiger partial charge in [0.2, 0.25) is 5.52 Å². The molecule has 5 aromatic rings. The highest BCUT2D eigenvalue weighted by Gasteiger charge is 2.24. The van der Waals surface area contributed by atoms with Crippen LogP contribution in [0.1, 0.15) is 25.8 Å². The molecule has 6 nitrogen and oxygen atoms in total. The summed E-state index contributed by atoms with van der Waals surface area (Å²) in [6.07, 6.45) is 2.13. The van der Waals surface area contributed by atoms with E-state index < -0.39 is 0 Å². The zero-order valence-corrected chi connectivity index (χ0v) is 24.8. The van der Waals surface area contributed by atoms with Crippen molar-refractivity contribution in [3.05, 3.63) is 92.6 Å². The van der Waals surface area contributed by atoms with Crippen molar-refractivity contribution in [3.8, 4) is 0 Å². The molecule has 10 heteroatoms. The first-order chi connectivity index (χ1) is 18.5. The molecule has 6 rings (SSSR count). The second-order valence-corrected chi connectivity index (χ2v) is 13.0. The van der Waals surface area contributed by atoms with Crippen LogP contribution in [0.15, 0.2) is 63.0 Å². The molecular weight excluding hydrogens is 553 g/mol.